The average molecular weight is 385 g/mol. The molecule has 1 fully saturated rings. The van der Waals surface area contributed by atoms with E-state index in [2.05, 4.69) is 44.2 Å². The molecule has 4 rings (SSSR count). The highest BCUT2D eigenvalue weighted by Crippen LogP contribution is 2.41. The number of thiophene rings is 1. The van der Waals surface area contributed by atoms with Crippen molar-refractivity contribution in [2.24, 2.45) is 0 Å². The summed E-state index contributed by atoms with van der Waals surface area (Å²) >= 11 is 3.84. The molecule has 1 saturated heterocycles. The Bertz CT molecular complexity index is 923. The second-order valence-corrected chi connectivity index (χ2v) is 9.41. The summed E-state index contributed by atoms with van der Waals surface area (Å²) in [5, 5.41) is 10.7. The van der Waals surface area contributed by atoms with E-state index < -0.39 is 0 Å². The largest absolute Gasteiger partial charge is 0.490 e. The van der Waals surface area contributed by atoms with E-state index in [0.29, 0.717) is 6.10 Å². The highest BCUT2D eigenvalue weighted by molar-refractivity contribution is 7.99. The topological polar surface area (TPSA) is 29.5 Å². The van der Waals surface area contributed by atoms with Crippen LogP contribution in [0.5, 0.6) is 5.75 Å². The van der Waals surface area contributed by atoms with Gasteiger partial charge in [-0.3, -0.25) is 0 Å². The first-order valence-electron chi connectivity index (χ1n) is 9.14. The lowest BCUT2D eigenvalue weighted by Gasteiger charge is -2.23. The van der Waals surface area contributed by atoms with Gasteiger partial charge in [0, 0.05) is 20.5 Å². The minimum absolute atomic E-state index is 0.0791. The summed E-state index contributed by atoms with van der Waals surface area (Å²) in [6.45, 7) is 4.43. The molecule has 0 radical (unpaired) electrons. The number of aliphatic hydroxyl groups is 1. The summed E-state index contributed by atoms with van der Waals surface area (Å²) in [4.78, 5) is 1.32. The Morgan fingerprint density at radius 3 is 2.62 bits per heavy atom. The van der Waals surface area contributed by atoms with Gasteiger partial charge in [-0.15, -0.1) is 11.3 Å². The number of aryl methyl sites for hydroxylation is 2. The Morgan fingerprint density at radius 1 is 1.08 bits per heavy atom. The third-order valence-electron chi connectivity index (χ3n) is 5.05. The van der Waals surface area contributed by atoms with E-state index in [9.17, 15) is 5.11 Å². The second kappa shape index (κ2) is 7.63. The van der Waals surface area contributed by atoms with Crippen molar-refractivity contribution in [1.82, 2.24) is 0 Å². The van der Waals surface area contributed by atoms with Crippen LogP contribution < -0.4 is 4.74 Å². The Kier molecular flexibility index (Phi) is 5.25. The number of hydrogen-bond acceptors (Lipinski definition) is 4. The van der Waals surface area contributed by atoms with Crippen molar-refractivity contribution in [3.05, 3.63) is 52.4 Å². The van der Waals surface area contributed by atoms with Crippen molar-refractivity contribution in [3.63, 3.8) is 0 Å². The predicted octanol–water partition coefficient (Wildman–Crippen LogP) is 5.95. The first-order valence-corrected chi connectivity index (χ1v) is 11.1. The van der Waals surface area contributed by atoms with Gasteiger partial charge in [0.2, 0.25) is 0 Å². The lowest BCUT2D eigenvalue weighted by molar-refractivity contribution is 0.192. The Labute approximate surface area is 163 Å². The third-order valence-corrected chi connectivity index (χ3v) is 7.18. The van der Waals surface area contributed by atoms with Crippen molar-refractivity contribution in [3.8, 4) is 16.9 Å². The van der Waals surface area contributed by atoms with Crippen LogP contribution in [0.4, 0.5) is 0 Å². The molecule has 1 aliphatic rings. The summed E-state index contributed by atoms with van der Waals surface area (Å²) < 4.78 is 7.49. The van der Waals surface area contributed by atoms with Crippen LogP contribution in [0, 0.1) is 13.8 Å². The Balaban J connectivity index is 1.69. The van der Waals surface area contributed by atoms with Crippen molar-refractivity contribution in [1.29, 1.82) is 0 Å². The standard InChI is InChI=1S/C22H24O2S2/c1-14-11-18(24-17-7-9-25-10-8-17)4-5-19(14)22-15(2)26-21-6-3-16(13-23)12-20(21)22/h3-6,11-12,17,23H,7-10,13H2,1-2H3. The van der Waals surface area contributed by atoms with Gasteiger partial charge in [-0.25, -0.2) is 0 Å². The Hall–Kier alpha value is -1.49. The molecule has 2 nitrogen and oxygen atoms in total. The maximum Gasteiger partial charge on any atom is 0.120 e. The molecule has 0 unspecified atom stereocenters. The van der Waals surface area contributed by atoms with E-state index in [0.717, 1.165) is 24.2 Å². The van der Waals surface area contributed by atoms with Crippen LogP contribution in [0.15, 0.2) is 36.4 Å². The number of hydrogen-bond donors (Lipinski definition) is 1. The third kappa shape index (κ3) is 3.51. The molecule has 1 aliphatic heterocycles. The van der Waals surface area contributed by atoms with Crippen LogP contribution in [-0.4, -0.2) is 22.7 Å². The molecular weight excluding hydrogens is 360 g/mol. The number of benzene rings is 2. The molecule has 0 bridgehead atoms. The van der Waals surface area contributed by atoms with Gasteiger partial charge in [0.15, 0.2) is 0 Å². The summed E-state index contributed by atoms with van der Waals surface area (Å²) in [5.74, 6) is 3.39. The molecule has 1 aromatic heterocycles. The lowest BCUT2D eigenvalue weighted by Crippen LogP contribution is -2.22. The zero-order valence-electron chi connectivity index (χ0n) is 15.2. The van der Waals surface area contributed by atoms with E-state index in [-0.39, 0.29) is 6.61 Å². The van der Waals surface area contributed by atoms with E-state index >= 15 is 0 Å². The van der Waals surface area contributed by atoms with Crippen molar-refractivity contribution < 1.29 is 9.84 Å². The maximum absolute atomic E-state index is 9.50. The quantitative estimate of drug-likeness (QED) is 0.602. The second-order valence-electron chi connectivity index (χ2n) is 6.93. The maximum atomic E-state index is 9.50. The average Bonchev–Trinajstić information content (AvgIpc) is 2.97. The molecule has 4 heteroatoms. The fourth-order valence-electron chi connectivity index (χ4n) is 3.68. The molecule has 0 amide bonds. The molecule has 3 aromatic rings. The number of aliphatic hydroxyl groups excluding tert-OH is 1. The molecule has 0 spiro atoms. The van der Waals surface area contributed by atoms with Crippen LogP contribution >= 0.6 is 23.1 Å². The number of rotatable bonds is 4. The molecule has 2 aromatic carbocycles. The van der Waals surface area contributed by atoms with Crippen LogP contribution in [0.3, 0.4) is 0 Å². The molecule has 0 saturated carbocycles. The van der Waals surface area contributed by atoms with Crippen LogP contribution in [0.1, 0.15) is 28.8 Å². The summed E-state index contributed by atoms with van der Waals surface area (Å²) in [6, 6.07) is 12.7. The molecule has 0 aliphatic carbocycles. The summed E-state index contributed by atoms with van der Waals surface area (Å²) in [7, 11) is 0. The number of thioether (sulfide) groups is 1. The molecular formula is C22H24O2S2. The monoisotopic (exact) mass is 384 g/mol. The summed E-state index contributed by atoms with van der Waals surface area (Å²) in [5.41, 5.74) is 4.75. The van der Waals surface area contributed by atoms with E-state index in [1.807, 2.05) is 29.2 Å². The highest BCUT2D eigenvalue weighted by atomic mass is 32.2. The molecule has 2 heterocycles. The van der Waals surface area contributed by atoms with E-state index in [4.69, 9.17) is 4.74 Å². The van der Waals surface area contributed by atoms with Crippen molar-refractivity contribution in [2.75, 3.05) is 11.5 Å². The zero-order chi connectivity index (χ0) is 18.1. The van der Waals surface area contributed by atoms with Gasteiger partial charge < -0.3 is 9.84 Å². The molecule has 1 N–H and O–H groups in total. The normalized spacial score (nSPS) is 15.5. The van der Waals surface area contributed by atoms with Crippen LogP contribution in [0.2, 0.25) is 0 Å². The van der Waals surface area contributed by atoms with Crippen molar-refractivity contribution in [2.45, 2.75) is 39.4 Å². The SMILES string of the molecule is Cc1cc(OC2CCSCC2)ccc1-c1c(C)sc2ccc(CO)cc12. The van der Waals surface area contributed by atoms with Gasteiger partial charge in [-0.2, -0.15) is 11.8 Å². The van der Waals surface area contributed by atoms with Gasteiger partial charge >= 0.3 is 0 Å². The Morgan fingerprint density at radius 2 is 1.88 bits per heavy atom. The summed E-state index contributed by atoms with van der Waals surface area (Å²) in [6.07, 6.45) is 2.64. The molecule has 136 valence electrons. The number of fused-ring (bicyclic) bond motifs is 1. The van der Waals surface area contributed by atoms with E-state index in [1.54, 1.807) is 0 Å². The zero-order valence-corrected chi connectivity index (χ0v) is 16.9. The van der Waals surface area contributed by atoms with E-state index in [1.165, 1.54) is 43.2 Å². The van der Waals surface area contributed by atoms with Gasteiger partial charge in [-0.05, 0) is 79.2 Å². The fourth-order valence-corrected chi connectivity index (χ4v) is 5.80. The highest BCUT2D eigenvalue weighted by Gasteiger charge is 2.17. The molecule has 26 heavy (non-hydrogen) atoms. The first kappa shape index (κ1) is 17.9. The van der Waals surface area contributed by atoms with Gasteiger partial charge in [0.05, 0.1) is 6.61 Å². The van der Waals surface area contributed by atoms with Gasteiger partial charge in [-0.1, -0.05) is 12.1 Å². The van der Waals surface area contributed by atoms with Gasteiger partial charge in [0.1, 0.15) is 11.9 Å². The van der Waals surface area contributed by atoms with Crippen LogP contribution in [0.25, 0.3) is 21.2 Å². The van der Waals surface area contributed by atoms with Gasteiger partial charge in [0.25, 0.3) is 0 Å². The first-order chi connectivity index (χ1) is 12.7. The minimum Gasteiger partial charge on any atom is -0.490 e. The number of ether oxygens (including phenoxy) is 1. The van der Waals surface area contributed by atoms with Crippen molar-refractivity contribution >= 4 is 33.2 Å². The predicted molar refractivity (Wildman–Crippen MR) is 114 cm³/mol. The molecule has 0 atom stereocenters. The lowest BCUT2D eigenvalue weighted by atomic mass is 9.97. The minimum atomic E-state index is 0.0791. The van der Waals surface area contributed by atoms with Crippen LogP contribution in [-0.2, 0) is 6.61 Å². The fraction of sp³-hybridized carbons (Fsp3) is 0.364. The smallest absolute Gasteiger partial charge is 0.120 e.